The molecule has 0 aliphatic rings. The molecule has 1 aromatic heterocycles. The number of nitrogens with zero attached hydrogens (tertiary/aromatic N) is 2. The summed E-state index contributed by atoms with van der Waals surface area (Å²) in [5.41, 5.74) is 2.46. The topological polar surface area (TPSA) is 46.0 Å². The molecule has 0 aliphatic heterocycles. The van der Waals surface area contributed by atoms with E-state index in [1.165, 1.54) is 6.33 Å². The van der Waals surface area contributed by atoms with Gasteiger partial charge < -0.3 is 5.11 Å². The third-order valence-corrected chi connectivity index (χ3v) is 2.55. The monoisotopic (exact) mass is 264 g/mol. The van der Waals surface area contributed by atoms with Crippen LogP contribution in [0.3, 0.4) is 0 Å². The van der Waals surface area contributed by atoms with E-state index >= 15 is 0 Å². The number of aliphatic hydroxyl groups is 1. The van der Waals surface area contributed by atoms with Gasteiger partial charge in [-0.1, -0.05) is 28.1 Å². The summed E-state index contributed by atoms with van der Waals surface area (Å²) in [6.45, 7) is -0.0634. The maximum absolute atomic E-state index is 8.96. The van der Waals surface area contributed by atoms with Crippen molar-refractivity contribution in [1.29, 1.82) is 0 Å². The Morgan fingerprint density at radius 2 is 1.87 bits per heavy atom. The van der Waals surface area contributed by atoms with Gasteiger partial charge in [0.05, 0.1) is 18.0 Å². The number of halogens is 1. The second-order valence-corrected chi connectivity index (χ2v) is 3.98. The Morgan fingerprint density at radius 1 is 1.13 bits per heavy atom. The molecule has 0 saturated heterocycles. The first-order valence-electron chi connectivity index (χ1n) is 4.47. The lowest BCUT2D eigenvalue weighted by Gasteiger charge is -2.01. The molecule has 76 valence electrons. The van der Waals surface area contributed by atoms with Crippen LogP contribution in [-0.2, 0) is 6.61 Å². The Hall–Kier alpha value is -1.26. The first kappa shape index (κ1) is 10.3. The minimum absolute atomic E-state index is 0.0634. The predicted octanol–water partition coefficient (Wildman–Crippen LogP) is 2.40. The zero-order chi connectivity index (χ0) is 10.7. The Balaban J connectivity index is 2.40. The highest BCUT2D eigenvalue weighted by atomic mass is 79.9. The number of rotatable bonds is 2. The molecule has 0 atom stereocenters. The fraction of sp³-hybridized carbons (Fsp3) is 0.0909. The van der Waals surface area contributed by atoms with Gasteiger partial charge in [0.25, 0.3) is 0 Å². The minimum Gasteiger partial charge on any atom is -0.390 e. The summed E-state index contributed by atoms with van der Waals surface area (Å²) < 4.78 is 1.03. The summed E-state index contributed by atoms with van der Waals surface area (Å²) in [6.07, 6.45) is 1.46. The van der Waals surface area contributed by atoms with Crippen LogP contribution >= 0.6 is 15.9 Å². The summed E-state index contributed by atoms with van der Waals surface area (Å²) >= 11 is 3.37. The maximum Gasteiger partial charge on any atom is 0.116 e. The fourth-order valence-corrected chi connectivity index (χ4v) is 1.53. The Morgan fingerprint density at radius 3 is 2.53 bits per heavy atom. The van der Waals surface area contributed by atoms with E-state index in [4.69, 9.17) is 5.11 Å². The first-order chi connectivity index (χ1) is 7.29. The van der Waals surface area contributed by atoms with Crippen LogP contribution in [0.2, 0.25) is 0 Å². The zero-order valence-corrected chi connectivity index (χ0v) is 9.48. The number of aromatic nitrogens is 2. The Bertz CT molecular complexity index is 456. The molecule has 0 fully saturated rings. The van der Waals surface area contributed by atoms with Crippen LogP contribution in [0.4, 0.5) is 0 Å². The van der Waals surface area contributed by atoms with E-state index < -0.39 is 0 Å². The van der Waals surface area contributed by atoms with Crippen molar-refractivity contribution in [1.82, 2.24) is 9.97 Å². The van der Waals surface area contributed by atoms with Gasteiger partial charge in [0.15, 0.2) is 0 Å². The number of hydrogen-bond acceptors (Lipinski definition) is 3. The van der Waals surface area contributed by atoms with Crippen LogP contribution in [0.25, 0.3) is 11.3 Å². The van der Waals surface area contributed by atoms with E-state index in [0.29, 0.717) is 5.69 Å². The van der Waals surface area contributed by atoms with Crippen molar-refractivity contribution in [2.45, 2.75) is 6.61 Å². The molecule has 2 aromatic rings. The Kier molecular flexibility index (Phi) is 3.08. The zero-order valence-electron chi connectivity index (χ0n) is 7.89. The summed E-state index contributed by atoms with van der Waals surface area (Å²) in [5, 5.41) is 8.96. The average molecular weight is 265 g/mol. The van der Waals surface area contributed by atoms with Crippen molar-refractivity contribution < 1.29 is 5.11 Å². The SMILES string of the molecule is OCc1cc(-c2ccc(Br)cc2)ncn1. The van der Waals surface area contributed by atoms with Gasteiger partial charge in [0, 0.05) is 10.0 Å². The van der Waals surface area contributed by atoms with Gasteiger partial charge in [-0.15, -0.1) is 0 Å². The van der Waals surface area contributed by atoms with E-state index in [2.05, 4.69) is 25.9 Å². The van der Waals surface area contributed by atoms with Crippen LogP contribution in [0, 0.1) is 0 Å². The summed E-state index contributed by atoms with van der Waals surface area (Å²) in [5.74, 6) is 0. The highest BCUT2D eigenvalue weighted by Crippen LogP contribution is 2.19. The number of benzene rings is 1. The second-order valence-electron chi connectivity index (χ2n) is 3.06. The summed E-state index contributed by atoms with van der Waals surface area (Å²) in [6, 6.07) is 9.62. The quantitative estimate of drug-likeness (QED) is 0.906. The van der Waals surface area contributed by atoms with Crippen molar-refractivity contribution in [3.05, 3.63) is 46.8 Å². The van der Waals surface area contributed by atoms with Crippen LogP contribution in [0.5, 0.6) is 0 Å². The molecular formula is C11H9BrN2O. The summed E-state index contributed by atoms with van der Waals surface area (Å²) in [4.78, 5) is 8.08. The van der Waals surface area contributed by atoms with E-state index in [1.54, 1.807) is 6.07 Å². The van der Waals surface area contributed by atoms with Crippen molar-refractivity contribution in [2.75, 3.05) is 0 Å². The van der Waals surface area contributed by atoms with Gasteiger partial charge in [0.2, 0.25) is 0 Å². The van der Waals surface area contributed by atoms with E-state index in [9.17, 15) is 0 Å². The Labute approximate surface area is 96.0 Å². The molecule has 4 heteroatoms. The van der Waals surface area contributed by atoms with Crippen LogP contribution in [0.15, 0.2) is 41.1 Å². The second kappa shape index (κ2) is 4.51. The molecule has 1 N–H and O–H groups in total. The number of hydrogen-bond donors (Lipinski definition) is 1. The van der Waals surface area contributed by atoms with Crippen molar-refractivity contribution in [3.63, 3.8) is 0 Å². The van der Waals surface area contributed by atoms with E-state index in [0.717, 1.165) is 15.7 Å². The van der Waals surface area contributed by atoms with Gasteiger partial charge in [-0.25, -0.2) is 9.97 Å². The van der Waals surface area contributed by atoms with Crippen LogP contribution < -0.4 is 0 Å². The standard InChI is InChI=1S/C11H9BrN2O/c12-9-3-1-8(2-4-9)11-5-10(6-15)13-7-14-11/h1-5,7,15H,6H2. The molecule has 0 bridgehead atoms. The van der Waals surface area contributed by atoms with Gasteiger partial charge >= 0.3 is 0 Å². The van der Waals surface area contributed by atoms with Crippen LogP contribution in [-0.4, -0.2) is 15.1 Å². The molecule has 0 spiro atoms. The molecule has 0 unspecified atom stereocenters. The average Bonchev–Trinajstić information content (AvgIpc) is 2.30. The van der Waals surface area contributed by atoms with Crippen molar-refractivity contribution >= 4 is 15.9 Å². The van der Waals surface area contributed by atoms with Crippen LogP contribution in [0.1, 0.15) is 5.69 Å². The van der Waals surface area contributed by atoms with Crippen molar-refractivity contribution in [2.24, 2.45) is 0 Å². The van der Waals surface area contributed by atoms with Gasteiger partial charge in [-0.3, -0.25) is 0 Å². The molecule has 0 saturated carbocycles. The van der Waals surface area contributed by atoms with E-state index in [1.807, 2.05) is 24.3 Å². The maximum atomic E-state index is 8.96. The lowest BCUT2D eigenvalue weighted by Crippen LogP contribution is -1.92. The predicted molar refractivity (Wildman–Crippen MR) is 61.1 cm³/mol. The number of aliphatic hydroxyl groups excluding tert-OH is 1. The normalized spacial score (nSPS) is 10.3. The highest BCUT2D eigenvalue weighted by Gasteiger charge is 2.00. The highest BCUT2D eigenvalue weighted by molar-refractivity contribution is 9.10. The molecule has 1 aromatic carbocycles. The van der Waals surface area contributed by atoms with E-state index in [-0.39, 0.29) is 6.61 Å². The van der Waals surface area contributed by atoms with Gasteiger partial charge in [0.1, 0.15) is 6.33 Å². The largest absolute Gasteiger partial charge is 0.390 e. The first-order valence-corrected chi connectivity index (χ1v) is 5.26. The lowest BCUT2D eigenvalue weighted by atomic mass is 10.1. The van der Waals surface area contributed by atoms with Crippen molar-refractivity contribution in [3.8, 4) is 11.3 Å². The third-order valence-electron chi connectivity index (χ3n) is 2.03. The minimum atomic E-state index is -0.0634. The third kappa shape index (κ3) is 2.40. The summed E-state index contributed by atoms with van der Waals surface area (Å²) in [7, 11) is 0. The molecule has 1 heterocycles. The van der Waals surface area contributed by atoms with Gasteiger partial charge in [-0.2, -0.15) is 0 Å². The smallest absolute Gasteiger partial charge is 0.116 e. The van der Waals surface area contributed by atoms with Gasteiger partial charge in [-0.05, 0) is 18.2 Å². The molecule has 3 nitrogen and oxygen atoms in total. The molecule has 0 amide bonds. The molecule has 0 aliphatic carbocycles. The molecule has 2 rings (SSSR count). The molecule has 15 heavy (non-hydrogen) atoms. The lowest BCUT2D eigenvalue weighted by molar-refractivity contribution is 0.276. The molecule has 0 radical (unpaired) electrons. The fourth-order valence-electron chi connectivity index (χ4n) is 1.26. The molecular weight excluding hydrogens is 256 g/mol.